The number of methoxy groups -OCH3 is 1. The zero-order valence-electron chi connectivity index (χ0n) is 9.71. The third-order valence-electron chi connectivity index (χ3n) is 3.06. The number of hydrogen-bond acceptors (Lipinski definition) is 3. The van der Waals surface area contributed by atoms with E-state index in [2.05, 4.69) is 12.2 Å². The fourth-order valence-electron chi connectivity index (χ4n) is 2.22. The lowest BCUT2D eigenvalue weighted by Crippen LogP contribution is -2.30. The summed E-state index contributed by atoms with van der Waals surface area (Å²) in [5.74, 6) is 1.47. The van der Waals surface area contributed by atoms with Gasteiger partial charge in [0.15, 0.2) is 0 Å². The second-order valence-corrected chi connectivity index (χ2v) is 5.29. The summed E-state index contributed by atoms with van der Waals surface area (Å²) in [6, 6.07) is 3.26. The number of rotatable bonds is 2. The van der Waals surface area contributed by atoms with E-state index in [1.165, 1.54) is 6.07 Å². The molecule has 2 rings (SSSR count). The first-order valence-corrected chi connectivity index (χ1v) is 6.38. The normalized spacial score (nSPS) is 24.0. The summed E-state index contributed by atoms with van der Waals surface area (Å²) in [6.07, 6.45) is 0. The van der Waals surface area contributed by atoms with E-state index in [-0.39, 0.29) is 11.9 Å². The average Bonchev–Trinajstić information content (AvgIpc) is 2.30. The van der Waals surface area contributed by atoms with E-state index in [1.807, 2.05) is 18.8 Å². The Balaban J connectivity index is 2.55. The van der Waals surface area contributed by atoms with E-state index in [1.54, 1.807) is 13.2 Å². The predicted molar refractivity (Wildman–Crippen MR) is 65.5 cm³/mol. The van der Waals surface area contributed by atoms with Crippen LogP contribution in [-0.2, 0) is 5.75 Å². The molecule has 0 aliphatic carbocycles. The van der Waals surface area contributed by atoms with Gasteiger partial charge in [-0.2, -0.15) is 11.8 Å². The van der Waals surface area contributed by atoms with Crippen LogP contribution in [0.3, 0.4) is 0 Å². The lowest BCUT2D eigenvalue weighted by atomic mass is 9.97. The smallest absolute Gasteiger partial charge is 0.128 e. The van der Waals surface area contributed by atoms with Crippen LogP contribution in [0, 0.1) is 5.82 Å². The molecule has 2 atom stereocenters. The number of thioether (sulfide) groups is 1. The monoisotopic (exact) mass is 241 g/mol. The Morgan fingerprint density at radius 1 is 1.50 bits per heavy atom. The van der Waals surface area contributed by atoms with Gasteiger partial charge < -0.3 is 10.1 Å². The van der Waals surface area contributed by atoms with E-state index < -0.39 is 0 Å². The summed E-state index contributed by atoms with van der Waals surface area (Å²) >= 11 is 1.82. The summed E-state index contributed by atoms with van der Waals surface area (Å²) in [7, 11) is 3.50. The molecule has 0 fully saturated rings. The fourth-order valence-corrected chi connectivity index (χ4v) is 3.41. The summed E-state index contributed by atoms with van der Waals surface area (Å²) in [5.41, 5.74) is 1.76. The maximum atomic E-state index is 13.9. The second kappa shape index (κ2) is 4.63. The lowest BCUT2D eigenvalue weighted by Gasteiger charge is -2.31. The van der Waals surface area contributed by atoms with Gasteiger partial charge in [-0.25, -0.2) is 4.39 Å². The van der Waals surface area contributed by atoms with Crippen molar-refractivity contribution in [2.45, 2.75) is 24.0 Å². The number of halogens is 1. The largest absolute Gasteiger partial charge is 0.496 e. The van der Waals surface area contributed by atoms with Crippen molar-refractivity contribution in [3.8, 4) is 5.75 Å². The molecule has 0 amide bonds. The van der Waals surface area contributed by atoms with Crippen LogP contribution >= 0.6 is 11.8 Å². The molecule has 0 spiro atoms. The van der Waals surface area contributed by atoms with Gasteiger partial charge in [0.1, 0.15) is 11.6 Å². The zero-order chi connectivity index (χ0) is 11.7. The number of hydrogen-bond donors (Lipinski definition) is 1. The molecule has 1 aromatic rings. The minimum absolute atomic E-state index is 0.0591. The first-order chi connectivity index (χ1) is 7.69. The van der Waals surface area contributed by atoms with Crippen LogP contribution in [0.2, 0.25) is 0 Å². The third kappa shape index (κ3) is 1.80. The van der Waals surface area contributed by atoms with Gasteiger partial charge in [0.05, 0.1) is 7.11 Å². The van der Waals surface area contributed by atoms with Gasteiger partial charge in [-0.05, 0) is 19.2 Å². The molecule has 1 aromatic carbocycles. The van der Waals surface area contributed by atoms with Gasteiger partial charge >= 0.3 is 0 Å². The summed E-state index contributed by atoms with van der Waals surface area (Å²) in [6.45, 7) is 2.12. The molecule has 1 heterocycles. The molecule has 1 aliphatic heterocycles. The van der Waals surface area contributed by atoms with Crippen LogP contribution < -0.4 is 10.1 Å². The van der Waals surface area contributed by atoms with Gasteiger partial charge in [0.25, 0.3) is 0 Å². The minimum atomic E-state index is -0.137. The molecule has 0 bridgehead atoms. The van der Waals surface area contributed by atoms with Gasteiger partial charge in [0, 0.05) is 28.2 Å². The molecule has 88 valence electrons. The van der Waals surface area contributed by atoms with Crippen molar-refractivity contribution in [3.05, 3.63) is 29.1 Å². The van der Waals surface area contributed by atoms with E-state index in [0.717, 1.165) is 22.6 Å². The van der Waals surface area contributed by atoms with Crippen molar-refractivity contribution < 1.29 is 9.13 Å². The van der Waals surface area contributed by atoms with E-state index >= 15 is 0 Å². The van der Waals surface area contributed by atoms with Crippen molar-refractivity contribution >= 4 is 11.8 Å². The van der Waals surface area contributed by atoms with Crippen LogP contribution in [0.1, 0.15) is 24.1 Å². The van der Waals surface area contributed by atoms with Gasteiger partial charge in [-0.3, -0.25) is 0 Å². The Morgan fingerprint density at radius 2 is 2.25 bits per heavy atom. The second-order valence-electron chi connectivity index (χ2n) is 3.92. The zero-order valence-corrected chi connectivity index (χ0v) is 10.5. The fraction of sp³-hybridized carbons (Fsp3) is 0.500. The minimum Gasteiger partial charge on any atom is -0.496 e. The Hall–Kier alpha value is -0.740. The molecule has 0 radical (unpaired) electrons. The topological polar surface area (TPSA) is 21.3 Å². The van der Waals surface area contributed by atoms with Crippen molar-refractivity contribution in [1.82, 2.24) is 5.32 Å². The number of ether oxygens (including phenoxy) is 1. The molecule has 2 nitrogen and oxygen atoms in total. The van der Waals surface area contributed by atoms with E-state index in [9.17, 15) is 4.39 Å². The first-order valence-electron chi connectivity index (χ1n) is 5.33. The highest BCUT2D eigenvalue weighted by atomic mass is 32.2. The van der Waals surface area contributed by atoms with Crippen molar-refractivity contribution in [1.29, 1.82) is 0 Å². The summed E-state index contributed by atoms with van der Waals surface area (Å²) < 4.78 is 19.2. The van der Waals surface area contributed by atoms with Crippen LogP contribution in [0.4, 0.5) is 4.39 Å². The van der Waals surface area contributed by atoms with Crippen LogP contribution in [-0.4, -0.2) is 19.4 Å². The molecule has 0 saturated heterocycles. The molecule has 1 N–H and O–H groups in total. The van der Waals surface area contributed by atoms with Crippen molar-refractivity contribution in [2.24, 2.45) is 0 Å². The highest BCUT2D eigenvalue weighted by Crippen LogP contribution is 2.42. The predicted octanol–water partition coefficient (Wildman–Crippen LogP) is 2.73. The highest BCUT2D eigenvalue weighted by molar-refractivity contribution is 7.99. The average molecular weight is 241 g/mol. The molecule has 2 unspecified atom stereocenters. The van der Waals surface area contributed by atoms with E-state index in [4.69, 9.17) is 4.74 Å². The molecular weight excluding hydrogens is 225 g/mol. The highest BCUT2D eigenvalue weighted by Gasteiger charge is 2.30. The van der Waals surface area contributed by atoms with Crippen molar-refractivity contribution in [3.63, 3.8) is 0 Å². The lowest BCUT2D eigenvalue weighted by molar-refractivity contribution is 0.405. The number of nitrogens with one attached hydrogen (secondary N) is 1. The van der Waals surface area contributed by atoms with Gasteiger partial charge in [0.2, 0.25) is 0 Å². The van der Waals surface area contributed by atoms with Crippen LogP contribution in [0.5, 0.6) is 5.75 Å². The standard InChI is InChI=1S/C12H16FNOS/c1-7-12(14-2)11-8(6-16-7)10(15-3)5-4-9(11)13/h4-5,7,12,14H,6H2,1-3H3. The molecule has 0 aromatic heterocycles. The Labute approximate surface area is 99.6 Å². The molecular formula is C12H16FNOS. The summed E-state index contributed by atoms with van der Waals surface area (Å²) in [4.78, 5) is 0. The Kier molecular flexibility index (Phi) is 3.40. The van der Waals surface area contributed by atoms with Crippen LogP contribution in [0.25, 0.3) is 0 Å². The molecule has 0 saturated carbocycles. The Bertz CT molecular complexity index is 397. The molecule has 4 heteroatoms. The van der Waals surface area contributed by atoms with Gasteiger partial charge in [-0.15, -0.1) is 0 Å². The number of fused-ring (bicyclic) bond motifs is 1. The third-order valence-corrected chi connectivity index (χ3v) is 4.32. The maximum Gasteiger partial charge on any atom is 0.128 e. The SMILES string of the molecule is CNC1c2c(F)ccc(OC)c2CSC1C. The first kappa shape index (κ1) is 11.7. The Morgan fingerprint density at radius 3 is 2.88 bits per heavy atom. The maximum absolute atomic E-state index is 13.9. The molecule has 16 heavy (non-hydrogen) atoms. The summed E-state index contributed by atoms with van der Waals surface area (Å²) in [5, 5.41) is 3.56. The van der Waals surface area contributed by atoms with Crippen molar-refractivity contribution in [2.75, 3.05) is 14.2 Å². The number of benzene rings is 1. The molecule has 1 aliphatic rings. The quantitative estimate of drug-likeness (QED) is 0.860. The van der Waals surface area contributed by atoms with Gasteiger partial charge in [-0.1, -0.05) is 6.92 Å². The van der Waals surface area contributed by atoms with Crippen LogP contribution in [0.15, 0.2) is 12.1 Å². The van der Waals surface area contributed by atoms with E-state index in [0.29, 0.717) is 5.25 Å².